The normalized spacial score (nSPS) is 16.2. The van der Waals surface area contributed by atoms with Gasteiger partial charge in [-0.05, 0) is 0 Å². The molecule has 0 aliphatic carbocycles. The first-order valence-electron chi connectivity index (χ1n) is 16.6. The number of hydrogen-bond acceptors (Lipinski definition) is 4. The summed E-state index contributed by atoms with van der Waals surface area (Å²) >= 11 is 0. The summed E-state index contributed by atoms with van der Waals surface area (Å²) in [6.45, 7) is 0. The van der Waals surface area contributed by atoms with E-state index in [1.54, 1.807) is 0 Å². The van der Waals surface area contributed by atoms with Crippen LogP contribution in [0.5, 0.6) is 0 Å². The molecule has 0 unspecified atom stereocenters. The van der Waals surface area contributed by atoms with E-state index in [-0.39, 0.29) is 0 Å². The summed E-state index contributed by atoms with van der Waals surface area (Å²) in [7, 11) is -7.58. The molecule has 0 amide bonds. The maximum atomic E-state index is 16.5. The molecule has 0 saturated heterocycles. The Hall–Kier alpha value is -5.64. The predicted octanol–water partition coefficient (Wildman–Crippen LogP) is 10.6. The molecule has 6 nitrogen and oxygen atoms in total. The number of nitrogens with zero attached hydrogens (tertiary/aromatic N) is 4. The van der Waals surface area contributed by atoms with Gasteiger partial charge >= 0.3 is 294 Å². The SMILES string of the molecule is O=P1(c2cccc([PH]3(O)N(c4ccccc4)c4ccccc4N3c3ccccc3)c2)N(c2ccccc2)c2ccccc2N1c1ccccc1. The van der Waals surface area contributed by atoms with E-state index in [0.717, 1.165) is 45.5 Å². The van der Waals surface area contributed by atoms with Crippen molar-refractivity contribution in [3.05, 3.63) is 194 Å². The van der Waals surface area contributed by atoms with Crippen molar-refractivity contribution in [3.63, 3.8) is 0 Å². The topological polar surface area (TPSA) is 50.3 Å². The van der Waals surface area contributed by atoms with E-state index in [1.807, 2.05) is 191 Å². The van der Waals surface area contributed by atoms with Crippen LogP contribution in [0.25, 0.3) is 0 Å². The summed E-state index contributed by atoms with van der Waals surface area (Å²) in [4.78, 5) is 13.7. The summed E-state index contributed by atoms with van der Waals surface area (Å²) in [5.41, 5.74) is 6.97. The Morgan fingerprint density at radius 2 is 0.760 bits per heavy atom. The van der Waals surface area contributed by atoms with Crippen molar-refractivity contribution in [2.45, 2.75) is 0 Å². The Morgan fingerprint density at radius 3 is 1.18 bits per heavy atom. The van der Waals surface area contributed by atoms with Gasteiger partial charge in [-0.3, -0.25) is 0 Å². The molecule has 50 heavy (non-hydrogen) atoms. The van der Waals surface area contributed by atoms with Gasteiger partial charge in [0, 0.05) is 0 Å². The quantitative estimate of drug-likeness (QED) is 0.176. The van der Waals surface area contributed by atoms with Gasteiger partial charge < -0.3 is 0 Å². The first-order valence-corrected chi connectivity index (χ1v) is 20.1. The van der Waals surface area contributed by atoms with Crippen LogP contribution in [-0.2, 0) is 4.57 Å². The van der Waals surface area contributed by atoms with Gasteiger partial charge in [-0.25, -0.2) is 0 Å². The van der Waals surface area contributed by atoms with Crippen LogP contribution in [0.2, 0.25) is 0 Å². The molecule has 7 aromatic carbocycles. The van der Waals surface area contributed by atoms with Gasteiger partial charge in [-0.2, -0.15) is 0 Å². The molecule has 0 aromatic heterocycles. The maximum absolute atomic E-state index is 16.5. The summed E-state index contributed by atoms with van der Waals surface area (Å²) in [6, 6.07) is 64.1. The molecule has 244 valence electrons. The molecule has 9 rings (SSSR count). The molecule has 7 aromatic rings. The molecule has 0 atom stereocenters. The predicted molar refractivity (Wildman–Crippen MR) is 211 cm³/mol. The summed E-state index contributed by atoms with van der Waals surface area (Å²) in [5, 5.41) is 1.34. The van der Waals surface area contributed by atoms with E-state index in [0.29, 0.717) is 10.6 Å². The van der Waals surface area contributed by atoms with Crippen molar-refractivity contribution < 1.29 is 9.46 Å². The van der Waals surface area contributed by atoms with Gasteiger partial charge in [0.05, 0.1) is 0 Å². The Bertz CT molecular complexity index is 2220. The van der Waals surface area contributed by atoms with Crippen molar-refractivity contribution in [3.8, 4) is 0 Å². The Morgan fingerprint density at radius 1 is 0.400 bits per heavy atom. The van der Waals surface area contributed by atoms with Gasteiger partial charge in [0.1, 0.15) is 0 Å². The van der Waals surface area contributed by atoms with Gasteiger partial charge in [0.2, 0.25) is 0 Å². The third-order valence-corrected chi connectivity index (χ3v) is 15.7. The second-order valence-corrected chi connectivity index (χ2v) is 17.5. The van der Waals surface area contributed by atoms with Gasteiger partial charge in [0.25, 0.3) is 0 Å². The first-order chi connectivity index (χ1) is 24.6. The van der Waals surface area contributed by atoms with Gasteiger partial charge in [-0.15, -0.1) is 0 Å². The third-order valence-electron chi connectivity index (χ3n) is 9.47. The molecule has 2 aliphatic heterocycles. The van der Waals surface area contributed by atoms with E-state index in [9.17, 15) is 4.89 Å². The molecular formula is C42H34N4O2P2. The van der Waals surface area contributed by atoms with Crippen LogP contribution < -0.4 is 29.3 Å². The number of fused-ring (bicyclic) bond motifs is 2. The van der Waals surface area contributed by atoms with Crippen LogP contribution in [0, 0.1) is 0 Å². The second-order valence-electron chi connectivity index (χ2n) is 12.3. The van der Waals surface area contributed by atoms with Gasteiger partial charge in [-0.1, -0.05) is 0 Å². The van der Waals surface area contributed by atoms with E-state index < -0.39 is 15.2 Å². The van der Waals surface area contributed by atoms with Crippen molar-refractivity contribution in [1.29, 1.82) is 0 Å². The van der Waals surface area contributed by atoms with E-state index in [1.165, 1.54) is 0 Å². The Labute approximate surface area is 292 Å². The summed E-state index contributed by atoms with van der Waals surface area (Å²) in [6.07, 6.45) is 0. The summed E-state index contributed by atoms with van der Waals surface area (Å²) < 4.78 is 24.7. The van der Waals surface area contributed by atoms with Crippen molar-refractivity contribution in [2.75, 3.05) is 18.7 Å². The Balaban J connectivity index is 1.31. The van der Waals surface area contributed by atoms with Crippen LogP contribution in [0.3, 0.4) is 0 Å². The molecular weight excluding hydrogens is 654 g/mol. The van der Waals surface area contributed by atoms with Crippen molar-refractivity contribution >= 4 is 71.3 Å². The summed E-state index contributed by atoms with van der Waals surface area (Å²) in [5.74, 6) is 0. The van der Waals surface area contributed by atoms with E-state index in [4.69, 9.17) is 0 Å². The average molecular weight is 689 g/mol. The van der Waals surface area contributed by atoms with E-state index >= 15 is 4.57 Å². The van der Waals surface area contributed by atoms with Crippen LogP contribution in [0.1, 0.15) is 0 Å². The first kappa shape index (κ1) is 30.4. The molecule has 0 bridgehead atoms. The van der Waals surface area contributed by atoms with Crippen LogP contribution in [0.4, 0.5) is 45.5 Å². The third kappa shape index (κ3) is 4.54. The van der Waals surface area contributed by atoms with Crippen molar-refractivity contribution in [2.24, 2.45) is 0 Å². The minimum atomic E-state index is -3.90. The number of rotatable bonds is 6. The minimum absolute atomic E-state index is 0.622. The number of para-hydroxylation sites is 8. The van der Waals surface area contributed by atoms with E-state index in [2.05, 4.69) is 21.5 Å². The molecule has 0 spiro atoms. The fourth-order valence-corrected chi connectivity index (χ4v) is 14.0. The molecule has 8 heteroatoms. The van der Waals surface area contributed by atoms with Crippen LogP contribution >= 0.6 is 15.2 Å². The monoisotopic (exact) mass is 688 g/mol. The van der Waals surface area contributed by atoms with Gasteiger partial charge in [0.15, 0.2) is 0 Å². The Kier molecular flexibility index (Phi) is 7.33. The second kappa shape index (κ2) is 12.0. The molecule has 0 radical (unpaired) electrons. The van der Waals surface area contributed by atoms with Crippen LogP contribution in [0.15, 0.2) is 194 Å². The fraction of sp³-hybridized carbons (Fsp3) is 0. The van der Waals surface area contributed by atoms with Crippen LogP contribution in [-0.4, -0.2) is 4.89 Å². The zero-order valence-corrected chi connectivity index (χ0v) is 29.0. The molecule has 0 fully saturated rings. The zero-order valence-electron chi connectivity index (χ0n) is 27.1. The number of anilines is 8. The number of hydrogen-bond donors (Lipinski definition) is 1. The standard InChI is InChI=1S/C42H34N4O2P2/c47-49(43(33-18-5-1-6-19-33)39-28-13-14-29-40(39)44(49)34-20-7-2-8-21-34)37-26-17-27-38(32-37)50(48)45(35-22-9-3-10-23-35)41-30-15-16-31-42(41)46(50)36-24-11-4-12-25-36/h1-32,47,49H. The number of benzene rings is 7. The zero-order chi connectivity index (χ0) is 33.7. The molecule has 1 N–H and O–H groups in total. The van der Waals surface area contributed by atoms with Crippen molar-refractivity contribution in [1.82, 2.24) is 0 Å². The molecule has 2 heterocycles. The fourth-order valence-electron chi connectivity index (χ4n) is 7.39. The average Bonchev–Trinajstić information content (AvgIpc) is 3.62. The molecule has 2 aliphatic rings. The molecule has 0 saturated carbocycles.